The Balaban J connectivity index is 1.25. The molecule has 4 rings (SSSR count). The number of carbonyl (C=O) groups is 1. The van der Waals surface area contributed by atoms with Crippen LogP contribution in [0.3, 0.4) is 0 Å². The average Bonchev–Trinajstić information content (AvgIpc) is 3.24. The lowest BCUT2D eigenvalue weighted by atomic mass is 10.2. The number of aromatic nitrogens is 1. The van der Waals surface area contributed by atoms with Crippen LogP contribution in [0.25, 0.3) is 11.5 Å². The Labute approximate surface area is 176 Å². The Kier molecular flexibility index (Phi) is 6.22. The number of hydrogen-bond donors (Lipinski definition) is 0. The van der Waals surface area contributed by atoms with E-state index in [2.05, 4.69) is 9.88 Å². The van der Waals surface area contributed by atoms with Crippen LogP contribution in [0, 0.1) is 17.5 Å². The van der Waals surface area contributed by atoms with Gasteiger partial charge in [-0.25, -0.2) is 18.2 Å². The third kappa shape index (κ3) is 5.24. The Morgan fingerprint density at radius 2 is 1.74 bits per heavy atom. The number of amides is 1. The van der Waals surface area contributed by atoms with Crippen LogP contribution in [0.15, 0.2) is 53.1 Å². The van der Waals surface area contributed by atoms with Crippen LogP contribution in [0.1, 0.15) is 5.69 Å². The van der Waals surface area contributed by atoms with E-state index >= 15 is 0 Å². The molecule has 0 unspecified atom stereocenters. The van der Waals surface area contributed by atoms with Gasteiger partial charge in [-0.3, -0.25) is 9.69 Å². The van der Waals surface area contributed by atoms with Gasteiger partial charge in [0.15, 0.2) is 18.2 Å². The van der Waals surface area contributed by atoms with Gasteiger partial charge >= 0.3 is 0 Å². The van der Waals surface area contributed by atoms with Gasteiger partial charge in [0.2, 0.25) is 5.89 Å². The highest BCUT2D eigenvalue weighted by atomic mass is 19.2. The minimum atomic E-state index is -0.957. The lowest BCUT2D eigenvalue weighted by molar-refractivity contribution is -0.135. The van der Waals surface area contributed by atoms with Crippen molar-refractivity contribution in [2.24, 2.45) is 0 Å². The highest BCUT2D eigenvalue weighted by molar-refractivity contribution is 5.77. The average molecular weight is 431 g/mol. The van der Waals surface area contributed by atoms with E-state index in [9.17, 15) is 18.0 Å². The SMILES string of the molecule is O=C(COc1ccc(F)cc1)N1CCN(Cc2coc(-c3ccc(F)c(F)c3)n2)CC1. The number of benzene rings is 2. The summed E-state index contributed by atoms with van der Waals surface area (Å²) in [6.45, 7) is 2.79. The quantitative estimate of drug-likeness (QED) is 0.598. The Morgan fingerprint density at radius 1 is 1.00 bits per heavy atom. The Bertz CT molecular complexity index is 1050. The molecule has 1 fully saturated rings. The predicted octanol–water partition coefficient (Wildman–Crippen LogP) is 3.48. The second-order valence-corrected chi connectivity index (χ2v) is 7.17. The molecule has 1 saturated heterocycles. The van der Waals surface area contributed by atoms with Gasteiger partial charge in [0, 0.05) is 38.3 Å². The third-order valence-electron chi connectivity index (χ3n) is 5.00. The van der Waals surface area contributed by atoms with Crippen LogP contribution in [0.2, 0.25) is 0 Å². The van der Waals surface area contributed by atoms with E-state index in [1.165, 1.54) is 36.6 Å². The monoisotopic (exact) mass is 431 g/mol. The number of nitrogens with zero attached hydrogens (tertiary/aromatic N) is 3. The molecule has 0 aliphatic carbocycles. The molecule has 2 aromatic carbocycles. The summed E-state index contributed by atoms with van der Waals surface area (Å²) < 4.78 is 50.2. The van der Waals surface area contributed by atoms with E-state index in [1.807, 2.05) is 0 Å². The number of rotatable bonds is 6. The maximum absolute atomic E-state index is 13.4. The normalized spacial score (nSPS) is 14.6. The lowest BCUT2D eigenvalue weighted by Crippen LogP contribution is -2.49. The van der Waals surface area contributed by atoms with Gasteiger partial charge in [0.1, 0.15) is 17.8 Å². The smallest absolute Gasteiger partial charge is 0.260 e. The molecule has 0 N–H and O–H groups in total. The minimum absolute atomic E-state index is 0.105. The van der Waals surface area contributed by atoms with Crippen LogP contribution in [-0.4, -0.2) is 53.5 Å². The van der Waals surface area contributed by atoms with Gasteiger partial charge in [-0.15, -0.1) is 0 Å². The van der Waals surface area contributed by atoms with Crippen molar-refractivity contribution in [2.75, 3.05) is 32.8 Å². The number of halogens is 3. The summed E-state index contributed by atoms with van der Waals surface area (Å²) in [6.07, 6.45) is 1.49. The summed E-state index contributed by atoms with van der Waals surface area (Å²) in [4.78, 5) is 20.5. The van der Waals surface area contributed by atoms with Gasteiger partial charge in [-0.2, -0.15) is 0 Å². The van der Waals surface area contributed by atoms with Crippen LogP contribution in [0.5, 0.6) is 5.75 Å². The molecular formula is C22H20F3N3O3. The largest absolute Gasteiger partial charge is 0.484 e. The van der Waals surface area contributed by atoms with Gasteiger partial charge in [0.25, 0.3) is 5.91 Å². The van der Waals surface area contributed by atoms with E-state index in [0.717, 1.165) is 12.1 Å². The van der Waals surface area contributed by atoms with E-state index in [1.54, 1.807) is 4.90 Å². The maximum Gasteiger partial charge on any atom is 0.260 e. The topological polar surface area (TPSA) is 58.8 Å². The molecule has 1 amide bonds. The number of oxazole rings is 1. The zero-order valence-corrected chi connectivity index (χ0v) is 16.6. The van der Waals surface area contributed by atoms with Gasteiger partial charge in [0.05, 0.1) is 5.69 Å². The molecule has 162 valence electrons. The lowest BCUT2D eigenvalue weighted by Gasteiger charge is -2.34. The molecule has 3 aromatic rings. The van der Waals surface area contributed by atoms with Crippen molar-refractivity contribution in [3.63, 3.8) is 0 Å². The first kappa shape index (κ1) is 20.9. The van der Waals surface area contributed by atoms with E-state index in [-0.39, 0.29) is 24.2 Å². The molecule has 6 nitrogen and oxygen atoms in total. The highest BCUT2D eigenvalue weighted by Gasteiger charge is 2.22. The van der Waals surface area contributed by atoms with Crippen LogP contribution >= 0.6 is 0 Å². The Morgan fingerprint density at radius 3 is 2.45 bits per heavy atom. The van der Waals surface area contributed by atoms with Crippen molar-refractivity contribution in [3.05, 3.63) is 71.9 Å². The molecule has 0 spiro atoms. The fraction of sp³-hybridized carbons (Fsp3) is 0.273. The van der Waals surface area contributed by atoms with Crippen molar-refractivity contribution >= 4 is 5.91 Å². The van der Waals surface area contributed by atoms with Crippen molar-refractivity contribution in [2.45, 2.75) is 6.54 Å². The fourth-order valence-electron chi connectivity index (χ4n) is 3.29. The van der Waals surface area contributed by atoms with Gasteiger partial charge in [-0.1, -0.05) is 0 Å². The molecule has 0 saturated carbocycles. The van der Waals surface area contributed by atoms with Crippen LogP contribution in [0.4, 0.5) is 13.2 Å². The second-order valence-electron chi connectivity index (χ2n) is 7.17. The first-order chi connectivity index (χ1) is 15.0. The molecule has 2 heterocycles. The molecule has 9 heteroatoms. The summed E-state index contributed by atoms with van der Waals surface area (Å²) in [5.41, 5.74) is 1.03. The maximum atomic E-state index is 13.4. The van der Waals surface area contributed by atoms with Crippen molar-refractivity contribution < 1.29 is 27.1 Å². The molecule has 1 aliphatic heterocycles. The summed E-state index contributed by atoms with van der Waals surface area (Å²) >= 11 is 0. The van der Waals surface area contributed by atoms with Gasteiger partial charge in [-0.05, 0) is 42.5 Å². The molecule has 0 radical (unpaired) electrons. The van der Waals surface area contributed by atoms with Gasteiger partial charge < -0.3 is 14.1 Å². The summed E-state index contributed by atoms with van der Waals surface area (Å²) in [5, 5.41) is 0. The van der Waals surface area contributed by atoms with E-state index in [4.69, 9.17) is 9.15 Å². The number of ether oxygens (including phenoxy) is 1. The molecular weight excluding hydrogens is 411 g/mol. The molecule has 0 bridgehead atoms. The summed E-state index contributed by atoms with van der Waals surface area (Å²) in [7, 11) is 0. The standard InChI is InChI=1S/C22H20F3N3O3/c23-16-2-4-18(5-3-16)30-14-21(29)28-9-7-27(8-10-28)12-17-13-31-22(26-17)15-1-6-19(24)20(25)11-15/h1-6,11,13H,7-10,12,14H2. The van der Waals surface area contributed by atoms with E-state index in [0.29, 0.717) is 49.7 Å². The zero-order chi connectivity index (χ0) is 21.8. The Hall–Kier alpha value is -3.33. The zero-order valence-electron chi connectivity index (χ0n) is 16.6. The summed E-state index contributed by atoms with van der Waals surface area (Å²) in [6, 6.07) is 9.00. The molecule has 1 aliphatic rings. The first-order valence-corrected chi connectivity index (χ1v) is 9.76. The number of carbonyl (C=O) groups excluding carboxylic acids is 1. The third-order valence-corrected chi connectivity index (χ3v) is 5.00. The van der Waals surface area contributed by atoms with E-state index < -0.39 is 11.6 Å². The number of piperazine rings is 1. The predicted molar refractivity (Wildman–Crippen MR) is 106 cm³/mol. The molecule has 31 heavy (non-hydrogen) atoms. The highest BCUT2D eigenvalue weighted by Crippen LogP contribution is 2.22. The second kappa shape index (κ2) is 9.22. The van der Waals surface area contributed by atoms with Crippen molar-refractivity contribution in [1.82, 2.24) is 14.8 Å². The minimum Gasteiger partial charge on any atom is -0.484 e. The molecule has 0 atom stereocenters. The fourth-order valence-corrected chi connectivity index (χ4v) is 3.29. The number of hydrogen-bond acceptors (Lipinski definition) is 5. The van der Waals surface area contributed by atoms with Crippen molar-refractivity contribution in [1.29, 1.82) is 0 Å². The summed E-state index contributed by atoms with van der Waals surface area (Å²) in [5.74, 6) is -1.71. The van der Waals surface area contributed by atoms with Crippen molar-refractivity contribution in [3.8, 4) is 17.2 Å². The van der Waals surface area contributed by atoms with Crippen LogP contribution < -0.4 is 4.74 Å². The first-order valence-electron chi connectivity index (χ1n) is 9.76. The molecule has 1 aromatic heterocycles. The van der Waals surface area contributed by atoms with Crippen LogP contribution in [-0.2, 0) is 11.3 Å².